The molecule has 0 radical (unpaired) electrons. The number of anilines is 1. The maximum absolute atomic E-state index is 12.1. The second-order valence-electron chi connectivity index (χ2n) is 5.13. The second-order valence-corrected chi connectivity index (χ2v) is 5.13. The zero-order chi connectivity index (χ0) is 16.7. The predicted octanol–water partition coefficient (Wildman–Crippen LogP) is 2.78. The third-order valence-electron chi connectivity index (χ3n) is 3.22. The van der Waals surface area contributed by atoms with Gasteiger partial charge in [0.1, 0.15) is 6.42 Å². The zero-order valence-corrected chi connectivity index (χ0v) is 12.8. The highest BCUT2D eigenvalue weighted by Crippen LogP contribution is 2.11. The van der Waals surface area contributed by atoms with Gasteiger partial charge in [-0.3, -0.25) is 9.59 Å². The van der Waals surface area contributed by atoms with Crippen LogP contribution in [0.4, 0.5) is 5.69 Å². The van der Waals surface area contributed by atoms with Crippen molar-refractivity contribution in [2.45, 2.75) is 19.9 Å². The van der Waals surface area contributed by atoms with Gasteiger partial charge in [0.25, 0.3) is 5.91 Å². The van der Waals surface area contributed by atoms with Crippen LogP contribution in [-0.4, -0.2) is 11.8 Å². The first-order chi connectivity index (χ1) is 11.1. The van der Waals surface area contributed by atoms with Crippen molar-refractivity contribution < 1.29 is 9.59 Å². The van der Waals surface area contributed by atoms with Crippen LogP contribution in [0.25, 0.3) is 0 Å². The van der Waals surface area contributed by atoms with Crippen LogP contribution < -0.4 is 10.6 Å². The van der Waals surface area contributed by atoms with Crippen LogP contribution in [0.5, 0.6) is 0 Å². The molecule has 2 aromatic rings. The van der Waals surface area contributed by atoms with Crippen molar-refractivity contribution in [2.24, 2.45) is 0 Å². The van der Waals surface area contributed by atoms with E-state index < -0.39 is 0 Å². The number of amides is 2. The highest BCUT2D eigenvalue weighted by molar-refractivity contribution is 5.94. The maximum Gasteiger partial charge on any atom is 0.251 e. The number of benzene rings is 2. The van der Waals surface area contributed by atoms with Crippen molar-refractivity contribution in [3.8, 4) is 6.07 Å². The molecule has 0 aliphatic carbocycles. The SMILES string of the molecule is Cc1ccc(C(=O)NCc2cccc(NC(=O)CC#N)c2)cc1. The molecule has 0 heterocycles. The first kappa shape index (κ1) is 16.2. The molecule has 2 amide bonds. The molecule has 2 N–H and O–H groups in total. The van der Waals surface area contributed by atoms with Crippen LogP contribution in [0.2, 0.25) is 0 Å². The monoisotopic (exact) mass is 307 g/mol. The minimum absolute atomic E-state index is 0.149. The third kappa shape index (κ3) is 4.97. The molecular formula is C18H17N3O2. The van der Waals surface area contributed by atoms with Gasteiger partial charge in [-0.2, -0.15) is 5.26 Å². The van der Waals surface area contributed by atoms with E-state index in [1.54, 1.807) is 36.4 Å². The molecule has 0 saturated carbocycles. The molecule has 2 aromatic carbocycles. The van der Waals surface area contributed by atoms with E-state index in [0.29, 0.717) is 17.8 Å². The second kappa shape index (κ2) is 7.76. The van der Waals surface area contributed by atoms with Crippen molar-refractivity contribution in [1.82, 2.24) is 5.32 Å². The normalized spacial score (nSPS) is 9.74. The lowest BCUT2D eigenvalue weighted by Gasteiger charge is -2.08. The summed E-state index contributed by atoms with van der Waals surface area (Å²) in [5, 5.41) is 14.0. The molecule has 0 spiro atoms. The average molecular weight is 307 g/mol. The number of rotatable bonds is 5. The summed E-state index contributed by atoms with van der Waals surface area (Å²) in [6, 6.07) is 16.3. The first-order valence-electron chi connectivity index (χ1n) is 7.19. The lowest BCUT2D eigenvalue weighted by molar-refractivity contribution is -0.115. The molecular weight excluding hydrogens is 290 g/mol. The Morgan fingerprint density at radius 2 is 1.87 bits per heavy atom. The van der Waals surface area contributed by atoms with Crippen molar-refractivity contribution >= 4 is 17.5 Å². The highest BCUT2D eigenvalue weighted by Gasteiger charge is 2.06. The summed E-state index contributed by atoms with van der Waals surface area (Å²) in [5.41, 5.74) is 3.17. The number of nitrogens with zero attached hydrogens (tertiary/aromatic N) is 1. The van der Waals surface area contributed by atoms with Crippen LogP contribution in [0.3, 0.4) is 0 Å². The van der Waals surface area contributed by atoms with E-state index in [2.05, 4.69) is 10.6 Å². The molecule has 23 heavy (non-hydrogen) atoms. The van der Waals surface area contributed by atoms with Gasteiger partial charge in [-0.25, -0.2) is 0 Å². The fraction of sp³-hybridized carbons (Fsp3) is 0.167. The number of hydrogen-bond acceptors (Lipinski definition) is 3. The summed E-state index contributed by atoms with van der Waals surface area (Å²) in [4.78, 5) is 23.5. The Kier molecular flexibility index (Phi) is 5.48. The average Bonchev–Trinajstić information content (AvgIpc) is 2.54. The van der Waals surface area contributed by atoms with E-state index in [9.17, 15) is 9.59 Å². The number of nitrogens with one attached hydrogen (secondary N) is 2. The van der Waals surface area contributed by atoms with E-state index in [4.69, 9.17) is 5.26 Å². The number of aryl methyl sites for hydroxylation is 1. The lowest BCUT2D eigenvalue weighted by Crippen LogP contribution is -2.22. The molecule has 0 aliphatic rings. The standard InChI is InChI=1S/C18H17N3O2/c1-13-5-7-15(8-6-13)18(23)20-12-14-3-2-4-16(11-14)21-17(22)9-10-19/h2-8,11H,9,12H2,1H3,(H,20,23)(H,21,22). The van der Waals surface area contributed by atoms with Crippen molar-refractivity contribution in [3.63, 3.8) is 0 Å². The molecule has 0 fully saturated rings. The number of hydrogen-bond donors (Lipinski definition) is 2. The number of carbonyl (C=O) groups is 2. The molecule has 116 valence electrons. The van der Waals surface area contributed by atoms with Gasteiger partial charge in [-0.05, 0) is 36.8 Å². The molecule has 0 bridgehead atoms. The Morgan fingerprint density at radius 1 is 1.13 bits per heavy atom. The maximum atomic E-state index is 12.1. The van der Waals surface area contributed by atoms with Crippen molar-refractivity contribution in [2.75, 3.05) is 5.32 Å². The Bertz CT molecular complexity index is 746. The Balaban J connectivity index is 1.95. The van der Waals surface area contributed by atoms with Crippen molar-refractivity contribution in [1.29, 1.82) is 5.26 Å². The Labute approximate surface area is 134 Å². The van der Waals surface area contributed by atoms with Crippen LogP contribution in [-0.2, 0) is 11.3 Å². The summed E-state index contributed by atoms with van der Waals surface area (Å²) >= 11 is 0. The molecule has 0 unspecified atom stereocenters. The summed E-state index contributed by atoms with van der Waals surface area (Å²) in [7, 11) is 0. The molecule has 2 rings (SSSR count). The summed E-state index contributed by atoms with van der Waals surface area (Å²) in [5.74, 6) is -0.503. The topological polar surface area (TPSA) is 82.0 Å². The summed E-state index contributed by atoms with van der Waals surface area (Å²) in [6.45, 7) is 2.32. The van der Waals surface area contributed by atoms with Crippen LogP contribution in [0.15, 0.2) is 48.5 Å². The van der Waals surface area contributed by atoms with E-state index in [-0.39, 0.29) is 18.2 Å². The fourth-order valence-corrected chi connectivity index (χ4v) is 2.03. The van der Waals surface area contributed by atoms with Gasteiger partial charge in [0, 0.05) is 17.8 Å². The van der Waals surface area contributed by atoms with Gasteiger partial charge in [0.05, 0.1) is 6.07 Å². The van der Waals surface area contributed by atoms with Crippen LogP contribution >= 0.6 is 0 Å². The summed E-state index contributed by atoms with van der Waals surface area (Å²) in [6.07, 6.45) is -0.186. The number of nitriles is 1. The van der Waals surface area contributed by atoms with Gasteiger partial charge in [-0.1, -0.05) is 29.8 Å². The molecule has 5 nitrogen and oxygen atoms in total. The zero-order valence-electron chi connectivity index (χ0n) is 12.8. The molecule has 0 aliphatic heterocycles. The van der Waals surface area contributed by atoms with Crippen molar-refractivity contribution in [3.05, 3.63) is 65.2 Å². The summed E-state index contributed by atoms with van der Waals surface area (Å²) < 4.78 is 0. The van der Waals surface area contributed by atoms with Gasteiger partial charge in [-0.15, -0.1) is 0 Å². The van der Waals surface area contributed by atoms with Gasteiger partial charge in [0.2, 0.25) is 5.91 Å². The molecule has 0 saturated heterocycles. The lowest BCUT2D eigenvalue weighted by atomic mass is 10.1. The first-order valence-corrected chi connectivity index (χ1v) is 7.19. The molecule has 5 heteroatoms. The minimum atomic E-state index is -0.353. The van der Waals surface area contributed by atoms with E-state index in [0.717, 1.165) is 11.1 Å². The predicted molar refractivity (Wildman–Crippen MR) is 87.7 cm³/mol. The van der Waals surface area contributed by atoms with Crippen LogP contribution in [0, 0.1) is 18.3 Å². The quantitative estimate of drug-likeness (QED) is 0.891. The smallest absolute Gasteiger partial charge is 0.251 e. The molecule has 0 atom stereocenters. The minimum Gasteiger partial charge on any atom is -0.348 e. The van der Waals surface area contributed by atoms with Gasteiger partial charge >= 0.3 is 0 Å². The van der Waals surface area contributed by atoms with E-state index in [1.807, 2.05) is 25.1 Å². The highest BCUT2D eigenvalue weighted by atomic mass is 16.2. The Hall–Kier alpha value is -3.13. The van der Waals surface area contributed by atoms with E-state index in [1.165, 1.54) is 0 Å². The van der Waals surface area contributed by atoms with Gasteiger partial charge < -0.3 is 10.6 Å². The van der Waals surface area contributed by atoms with Crippen LogP contribution in [0.1, 0.15) is 27.9 Å². The number of carbonyl (C=O) groups excluding carboxylic acids is 2. The molecule has 0 aromatic heterocycles. The fourth-order valence-electron chi connectivity index (χ4n) is 2.03. The van der Waals surface area contributed by atoms with Gasteiger partial charge in [0.15, 0.2) is 0 Å². The van der Waals surface area contributed by atoms with E-state index >= 15 is 0 Å². The largest absolute Gasteiger partial charge is 0.348 e. The Morgan fingerprint density at radius 3 is 2.57 bits per heavy atom. The third-order valence-corrected chi connectivity index (χ3v) is 3.22.